The molecule has 1 saturated heterocycles. The third-order valence-electron chi connectivity index (χ3n) is 1.34. The first-order valence-electron chi connectivity index (χ1n) is 3.28. The van der Waals surface area contributed by atoms with Crippen molar-refractivity contribution in [1.82, 2.24) is 10.8 Å². The normalized spacial score (nSPS) is 20.7. The minimum Gasteiger partial charge on any atom is -0.444 e. The molecule has 1 fully saturated rings. The van der Waals surface area contributed by atoms with Crippen molar-refractivity contribution in [2.24, 2.45) is 0 Å². The summed E-state index contributed by atoms with van der Waals surface area (Å²) in [6.07, 6.45) is 0. The van der Waals surface area contributed by atoms with Gasteiger partial charge in [0.15, 0.2) is 0 Å². The molecule has 0 spiro atoms. The summed E-state index contributed by atoms with van der Waals surface area (Å²) in [6, 6.07) is -0.836. The van der Waals surface area contributed by atoms with Crippen LogP contribution in [0.25, 0.3) is 0 Å². The van der Waals surface area contributed by atoms with E-state index in [1.54, 1.807) is 9.47 Å². The zero-order valence-electron chi connectivity index (χ0n) is 6.40. The van der Waals surface area contributed by atoms with E-state index in [-0.39, 0.29) is 6.61 Å². The Bertz CT molecular complexity index is 255. The predicted octanol–water partition coefficient (Wildman–Crippen LogP) is -2.13. The second-order valence-corrected chi connectivity index (χ2v) is 2.44. The van der Waals surface area contributed by atoms with Gasteiger partial charge >= 0.3 is 11.9 Å². The van der Waals surface area contributed by atoms with E-state index in [9.17, 15) is 14.4 Å². The van der Waals surface area contributed by atoms with E-state index in [0.29, 0.717) is 0 Å². The summed E-state index contributed by atoms with van der Waals surface area (Å²) >= 11 is 0. The van der Waals surface area contributed by atoms with Gasteiger partial charge in [-0.3, -0.25) is 14.4 Å². The van der Waals surface area contributed by atoms with Crippen LogP contribution in [0.2, 0.25) is 0 Å². The zero-order valence-corrected chi connectivity index (χ0v) is 7.56. The summed E-state index contributed by atoms with van der Waals surface area (Å²) < 4.78 is 4.05. The number of amides is 2. The number of hydrogen-bond donors (Lipinski definition) is 2. The van der Waals surface area contributed by atoms with Crippen LogP contribution in [0, 0.1) is 0 Å². The van der Waals surface area contributed by atoms with Crippen LogP contribution in [0.4, 0.5) is 0 Å². The Labute approximate surface area is 75.4 Å². The van der Waals surface area contributed by atoms with Crippen molar-refractivity contribution >= 4 is 27.3 Å². The number of rotatable bonds is 1. The molecule has 1 aliphatic heterocycles. The molecule has 0 aliphatic carbocycles. The van der Waals surface area contributed by atoms with Crippen molar-refractivity contribution in [2.75, 3.05) is 6.61 Å². The number of carbonyl (C=O) groups excluding carboxylic acids is 3. The van der Waals surface area contributed by atoms with E-state index in [2.05, 4.69) is 14.7 Å². The second kappa shape index (κ2) is 4.15. The third-order valence-corrected chi connectivity index (χ3v) is 1.55. The molecular formula is C5H7N2O5P. The highest BCUT2D eigenvalue weighted by atomic mass is 31.0. The van der Waals surface area contributed by atoms with Gasteiger partial charge in [-0.05, 0) is 0 Å². The molecular weight excluding hydrogens is 199 g/mol. The highest BCUT2D eigenvalue weighted by molar-refractivity contribution is 7.11. The van der Waals surface area contributed by atoms with Gasteiger partial charge in [0.25, 0.3) is 5.91 Å². The molecule has 0 bridgehead atoms. The molecule has 1 heterocycles. The molecule has 2 atom stereocenters. The first-order valence-corrected chi connectivity index (χ1v) is 3.75. The average Bonchev–Trinajstić information content (AvgIpc) is 2.50. The van der Waals surface area contributed by atoms with E-state index in [4.69, 9.17) is 0 Å². The predicted molar refractivity (Wildman–Crippen MR) is 41.8 cm³/mol. The van der Waals surface area contributed by atoms with Gasteiger partial charge in [0.05, 0.1) is 9.47 Å². The molecule has 2 unspecified atom stereocenters. The molecule has 0 saturated carbocycles. The molecule has 0 aromatic rings. The number of carbonyl (C=O) groups is 3. The van der Waals surface area contributed by atoms with Crippen LogP contribution < -0.4 is 10.8 Å². The van der Waals surface area contributed by atoms with Crippen molar-refractivity contribution in [2.45, 2.75) is 6.04 Å². The minimum absolute atomic E-state index is 0.00525. The van der Waals surface area contributed by atoms with E-state index in [1.165, 1.54) is 0 Å². The first kappa shape index (κ1) is 9.88. The lowest BCUT2D eigenvalue weighted by Crippen LogP contribution is -2.44. The Kier molecular flexibility index (Phi) is 3.16. The summed E-state index contributed by atoms with van der Waals surface area (Å²) in [5.41, 5.74) is 2.02. The highest BCUT2D eigenvalue weighted by Gasteiger charge is 2.29. The van der Waals surface area contributed by atoms with E-state index < -0.39 is 23.8 Å². The molecule has 0 radical (unpaired) electrons. The van der Waals surface area contributed by atoms with Gasteiger partial charge in [-0.15, -0.1) is 0 Å². The van der Waals surface area contributed by atoms with E-state index in [0.717, 1.165) is 0 Å². The van der Waals surface area contributed by atoms with E-state index >= 15 is 0 Å². The number of hydrogen-bond acceptors (Lipinski definition) is 5. The van der Waals surface area contributed by atoms with Crippen LogP contribution in [0.1, 0.15) is 0 Å². The molecule has 0 aromatic carbocycles. The fourth-order valence-electron chi connectivity index (χ4n) is 0.721. The van der Waals surface area contributed by atoms with Crippen LogP contribution in [0.5, 0.6) is 0 Å². The molecule has 72 valence electrons. The van der Waals surface area contributed by atoms with Gasteiger partial charge in [0.2, 0.25) is 0 Å². The van der Waals surface area contributed by atoms with Gasteiger partial charge in [-0.1, -0.05) is 0 Å². The fourth-order valence-corrected chi connectivity index (χ4v) is 0.828. The minimum atomic E-state index is -1.08. The van der Waals surface area contributed by atoms with Crippen LogP contribution in [0.15, 0.2) is 0 Å². The van der Waals surface area contributed by atoms with Crippen molar-refractivity contribution in [1.29, 1.82) is 0 Å². The Morgan fingerprint density at radius 2 is 2.38 bits per heavy atom. The van der Waals surface area contributed by atoms with Crippen LogP contribution >= 0.6 is 9.47 Å². The molecule has 1 aliphatic rings. The van der Waals surface area contributed by atoms with Crippen molar-refractivity contribution in [3.8, 4) is 0 Å². The molecule has 1 rings (SSSR count). The monoisotopic (exact) mass is 206 g/mol. The summed E-state index contributed by atoms with van der Waals surface area (Å²) in [5, 5.41) is 2.12. The number of nitrogens with one attached hydrogen (secondary N) is 2. The average molecular weight is 206 g/mol. The van der Waals surface area contributed by atoms with Gasteiger partial charge < -0.3 is 9.84 Å². The van der Waals surface area contributed by atoms with Gasteiger partial charge in [-0.2, -0.15) is 0 Å². The van der Waals surface area contributed by atoms with Gasteiger partial charge in [-0.25, -0.2) is 10.3 Å². The van der Waals surface area contributed by atoms with Crippen LogP contribution in [-0.4, -0.2) is 30.4 Å². The Morgan fingerprint density at radius 3 is 2.85 bits per heavy atom. The maximum absolute atomic E-state index is 10.8. The largest absolute Gasteiger partial charge is 0.444 e. The van der Waals surface area contributed by atoms with Crippen LogP contribution in [-0.2, 0) is 23.7 Å². The molecule has 13 heavy (non-hydrogen) atoms. The molecule has 8 heteroatoms. The van der Waals surface area contributed by atoms with Crippen molar-refractivity contribution in [3.63, 3.8) is 0 Å². The Balaban J connectivity index is 2.44. The van der Waals surface area contributed by atoms with Gasteiger partial charge in [0, 0.05) is 0 Å². The van der Waals surface area contributed by atoms with Crippen LogP contribution in [0.3, 0.4) is 0 Å². The molecule has 2 amide bonds. The van der Waals surface area contributed by atoms with Gasteiger partial charge in [0.1, 0.15) is 12.6 Å². The maximum atomic E-state index is 10.8. The second-order valence-electron chi connectivity index (χ2n) is 2.21. The van der Waals surface area contributed by atoms with Crippen molar-refractivity contribution < 1.29 is 23.7 Å². The lowest BCUT2D eigenvalue weighted by molar-refractivity contribution is -0.148. The summed E-state index contributed by atoms with van der Waals surface area (Å²) in [6.45, 7) is -0.00525. The highest BCUT2D eigenvalue weighted by Crippen LogP contribution is 1.95. The summed E-state index contributed by atoms with van der Waals surface area (Å²) in [4.78, 5) is 36.7. The maximum Gasteiger partial charge on any atom is 0.398 e. The Morgan fingerprint density at radius 1 is 1.69 bits per heavy atom. The quantitative estimate of drug-likeness (QED) is 0.377. The lowest BCUT2D eigenvalue weighted by atomic mass is 10.3. The molecule has 0 aromatic heterocycles. The third kappa shape index (κ3) is 2.37. The number of hydroxylamine groups is 1. The molecule has 2 N–H and O–H groups in total. The smallest absolute Gasteiger partial charge is 0.398 e. The standard InChI is InChI=1S/C5H7N2O5P/c8-3-2(1-11-7-3)6-4(9)5(10)12-13/h2H,1,13H2,(H,6,9)(H,7,8). The summed E-state index contributed by atoms with van der Waals surface area (Å²) in [5.74, 6) is -2.56. The molecule has 7 nitrogen and oxygen atoms in total. The fraction of sp³-hybridized carbons (Fsp3) is 0.400. The lowest BCUT2D eigenvalue weighted by Gasteiger charge is -2.05. The van der Waals surface area contributed by atoms with Crippen molar-refractivity contribution in [3.05, 3.63) is 0 Å². The summed E-state index contributed by atoms with van der Waals surface area (Å²) in [7, 11) is 1.64. The first-order chi connectivity index (χ1) is 6.15. The zero-order chi connectivity index (χ0) is 9.84. The Hall–Kier alpha value is -1.20. The SMILES string of the molecule is O=C(NC1CONC1=O)C(=O)OP. The van der Waals surface area contributed by atoms with E-state index in [1.807, 2.05) is 5.48 Å². The topological polar surface area (TPSA) is 93.7 Å².